The summed E-state index contributed by atoms with van der Waals surface area (Å²) in [6.45, 7) is 15.4. The van der Waals surface area contributed by atoms with Gasteiger partial charge in [-0.05, 0) is 38.5 Å². The zero-order chi connectivity index (χ0) is 12.8. The molecule has 0 aromatic heterocycles. The smallest absolute Gasteiger partial charge is 0.0192 e. The molecule has 2 nitrogen and oxygen atoms in total. The number of likely N-dealkylation sites (tertiary alicyclic amines) is 1. The number of nitrogens with zero attached hydrogens (tertiary/aromatic N) is 1. The van der Waals surface area contributed by atoms with E-state index in [1.165, 1.54) is 32.4 Å². The van der Waals surface area contributed by atoms with E-state index in [9.17, 15) is 0 Å². The average Bonchev–Trinajstić information content (AvgIpc) is 2.25. The molecule has 0 aromatic carbocycles. The fraction of sp³-hybridized carbons (Fsp3) is 1.00. The number of nitrogens with one attached hydrogen (secondary N) is 1. The van der Waals surface area contributed by atoms with Crippen molar-refractivity contribution >= 4 is 0 Å². The molecule has 1 rings (SSSR count). The minimum atomic E-state index is 0.669. The topological polar surface area (TPSA) is 15.3 Å². The highest BCUT2D eigenvalue weighted by molar-refractivity contribution is 4.80. The van der Waals surface area contributed by atoms with E-state index in [1.54, 1.807) is 0 Å². The molecule has 0 radical (unpaired) electrons. The maximum atomic E-state index is 3.67. The van der Waals surface area contributed by atoms with Gasteiger partial charge < -0.3 is 5.32 Å². The van der Waals surface area contributed by atoms with Crippen LogP contribution in [0.25, 0.3) is 0 Å². The van der Waals surface area contributed by atoms with Crippen LogP contribution in [0.5, 0.6) is 0 Å². The number of hydrogen-bond acceptors (Lipinski definition) is 2. The molecule has 0 spiro atoms. The summed E-state index contributed by atoms with van der Waals surface area (Å²) in [5, 5.41) is 3.67. The molecule has 4 unspecified atom stereocenters. The zero-order valence-corrected chi connectivity index (χ0v) is 12.5. The summed E-state index contributed by atoms with van der Waals surface area (Å²) in [5.74, 6) is 1.74. The van der Waals surface area contributed by atoms with E-state index in [4.69, 9.17) is 0 Å². The van der Waals surface area contributed by atoms with Gasteiger partial charge in [0.15, 0.2) is 0 Å². The molecule has 17 heavy (non-hydrogen) atoms. The van der Waals surface area contributed by atoms with Crippen LogP contribution in [-0.4, -0.2) is 36.6 Å². The molecule has 4 atom stereocenters. The van der Waals surface area contributed by atoms with E-state index < -0.39 is 0 Å². The predicted molar refractivity (Wildman–Crippen MR) is 76.4 cm³/mol. The lowest BCUT2D eigenvalue weighted by atomic mass is 9.91. The van der Waals surface area contributed by atoms with Crippen LogP contribution in [0.3, 0.4) is 0 Å². The third-order valence-electron chi connectivity index (χ3n) is 4.00. The third-order valence-corrected chi connectivity index (χ3v) is 4.00. The van der Waals surface area contributed by atoms with Gasteiger partial charge in [-0.15, -0.1) is 0 Å². The SMILES string of the molecule is CCCC(C)NCC(C)N1CC(C)CC(C)C1. The Bertz CT molecular complexity index is 195. The Labute approximate surface area is 108 Å². The molecule has 0 bridgehead atoms. The van der Waals surface area contributed by atoms with Crippen LogP contribution in [0, 0.1) is 11.8 Å². The Hall–Kier alpha value is -0.0800. The molecule has 1 aliphatic rings. The molecular formula is C15H32N2. The molecule has 0 amide bonds. The Morgan fingerprint density at radius 2 is 1.76 bits per heavy atom. The molecule has 1 saturated heterocycles. The minimum absolute atomic E-state index is 0.669. The van der Waals surface area contributed by atoms with Gasteiger partial charge in [0.25, 0.3) is 0 Å². The molecule has 0 aromatic rings. The molecule has 1 fully saturated rings. The largest absolute Gasteiger partial charge is 0.313 e. The summed E-state index contributed by atoms with van der Waals surface area (Å²) in [6.07, 6.45) is 3.97. The van der Waals surface area contributed by atoms with Crippen LogP contribution in [0.1, 0.15) is 53.9 Å². The molecule has 102 valence electrons. The number of hydrogen-bond donors (Lipinski definition) is 1. The second kappa shape index (κ2) is 7.38. The average molecular weight is 240 g/mol. The van der Waals surface area contributed by atoms with Gasteiger partial charge in [0.2, 0.25) is 0 Å². The van der Waals surface area contributed by atoms with Crippen molar-refractivity contribution in [1.82, 2.24) is 10.2 Å². The number of piperidine rings is 1. The monoisotopic (exact) mass is 240 g/mol. The van der Waals surface area contributed by atoms with Crippen LogP contribution >= 0.6 is 0 Å². The molecule has 0 saturated carbocycles. The highest BCUT2D eigenvalue weighted by Crippen LogP contribution is 2.22. The Balaban J connectivity index is 2.28. The van der Waals surface area contributed by atoms with E-state index in [0.29, 0.717) is 12.1 Å². The van der Waals surface area contributed by atoms with E-state index in [1.807, 2.05) is 0 Å². The van der Waals surface area contributed by atoms with Crippen molar-refractivity contribution in [2.24, 2.45) is 11.8 Å². The highest BCUT2D eigenvalue weighted by Gasteiger charge is 2.25. The second-order valence-corrected chi connectivity index (χ2v) is 6.35. The van der Waals surface area contributed by atoms with Crippen molar-refractivity contribution in [2.75, 3.05) is 19.6 Å². The first kappa shape index (κ1) is 15.0. The van der Waals surface area contributed by atoms with Crippen molar-refractivity contribution in [3.63, 3.8) is 0 Å². The quantitative estimate of drug-likeness (QED) is 0.767. The van der Waals surface area contributed by atoms with Crippen LogP contribution < -0.4 is 5.32 Å². The zero-order valence-electron chi connectivity index (χ0n) is 12.5. The maximum Gasteiger partial charge on any atom is 0.0192 e. The van der Waals surface area contributed by atoms with Gasteiger partial charge in [-0.3, -0.25) is 4.90 Å². The lowest BCUT2D eigenvalue weighted by molar-refractivity contribution is 0.101. The summed E-state index contributed by atoms with van der Waals surface area (Å²) in [4.78, 5) is 2.67. The molecule has 1 aliphatic heterocycles. The van der Waals surface area contributed by atoms with Crippen molar-refractivity contribution < 1.29 is 0 Å². The molecule has 0 aliphatic carbocycles. The van der Waals surface area contributed by atoms with E-state index in [2.05, 4.69) is 44.8 Å². The van der Waals surface area contributed by atoms with Gasteiger partial charge in [0.1, 0.15) is 0 Å². The van der Waals surface area contributed by atoms with Gasteiger partial charge in [-0.1, -0.05) is 27.2 Å². The van der Waals surface area contributed by atoms with E-state index in [-0.39, 0.29) is 0 Å². The lowest BCUT2D eigenvalue weighted by Crippen LogP contribution is -2.48. The Morgan fingerprint density at radius 3 is 2.29 bits per heavy atom. The van der Waals surface area contributed by atoms with Crippen molar-refractivity contribution in [1.29, 1.82) is 0 Å². The molecule has 1 heterocycles. The fourth-order valence-electron chi connectivity index (χ4n) is 3.11. The molecule has 1 N–H and O–H groups in total. The van der Waals surface area contributed by atoms with Crippen molar-refractivity contribution in [2.45, 2.75) is 66.0 Å². The minimum Gasteiger partial charge on any atom is -0.313 e. The van der Waals surface area contributed by atoms with Gasteiger partial charge in [0, 0.05) is 31.7 Å². The van der Waals surface area contributed by atoms with Crippen molar-refractivity contribution in [3.8, 4) is 0 Å². The van der Waals surface area contributed by atoms with Gasteiger partial charge in [-0.2, -0.15) is 0 Å². The summed E-state index contributed by atoms with van der Waals surface area (Å²) >= 11 is 0. The molecular weight excluding hydrogens is 208 g/mol. The summed E-state index contributed by atoms with van der Waals surface area (Å²) < 4.78 is 0. The third kappa shape index (κ3) is 5.39. The first-order valence-corrected chi connectivity index (χ1v) is 7.50. The maximum absolute atomic E-state index is 3.67. The van der Waals surface area contributed by atoms with Gasteiger partial charge in [-0.25, -0.2) is 0 Å². The van der Waals surface area contributed by atoms with E-state index >= 15 is 0 Å². The predicted octanol–water partition coefficient (Wildman–Crippen LogP) is 3.13. The Kier molecular flexibility index (Phi) is 6.50. The molecule has 2 heteroatoms. The lowest BCUT2D eigenvalue weighted by Gasteiger charge is -2.39. The first-order chi connectivity index (χ1) is 8.02. The van der Waals surface area contributed by atoms with Crippen molar-refractivity contribution in [3.05, 3.63) is 0 Å². The normalized spacial score (nSPS) is 30.2. The Morgan fingerprint density at radius 1 is 1.18 bits per heavy atom. The number of rotatable bonds is 6. The van der Waals surface area contributed by atoms with Gasteiger partial charge >= 0.3 is 0 Å². The van der Waals surface area contributed by atoms with Crippen LogP contribution in [0.2, 0.25) is 0 Å². The van der Waals surface area contributed by atoms with E-state index in [0.717, 1.165) is 18.4 Å². The standard InChI is InChI=1S/C15H32N2/c1-6-7-14(4)16-9-15(5)17-10-12(2)8-13(3)11-17/h12-16H,6-11H2,1-5H3. The van der Waals surface area contributed by atoms with Crippen LogP contribution in [-0.2, 0) is 0 Å². The summed E-state index contributed by atoms with van der Waals surface area (Å²) in [7, 11) is 0. The summed E-state index contributed by atoms with van der Waals surface area (Å²) in [5.41, 5.74) is 0. The first-order valence-electron chi connectivity index (χ1n) is 7.50. The van der Waals surface area contributed by atoms with Crippen LogP contribution in [0.15, 0.2) is 0 Å². The highest BCUT2D eigenvalue weighted by atomic mass is 15.2. The second-order valence-electron chi connectivity index (χ2n) is 6.35. The van der Waals surface area contributed by atoms with Gasteiger partial charge in [0.05, 0.1) is 0 Å². The summed E-state index contributed by atoms with van der Waals surface area (Å²) in [6, 6.07) is 1.35. The van der Waals surface area contributed by atoms with Crippen LogP contribution in [0.4, 0.5) is 0 Å². The fourth-order valence-corrected chi connectivity index (χ4v) is 3.11.